The molecule has 0 amide bonds. The van der Waals surface area contributed by atoms with Crippen LogP contribution < -0.4 is 5.32 Å². The molecule has 0 radical (unpaired) electrons. The van der Waals surface area contributed by atoms with Crippen LogP contribution in [0.15, 0.2) is 41.8 Å². The fraction of sp³-hybridized carbons (Fsp3) is 0.353. The molecule has 2 heterocycles. The van der Waals surface area contributed by atoms with Crippen LogP contribution in [0.4, 0.5) is 0 Å². The second kappa shape index (κ2) is 6.41. The SMILES string of the molecule is CCn1c(CN[C@@H](C)Cc2cccs2)nc2ccccc21. The Kier molecular flexibility index (Phi) is 4.36. The van der Waals surface area contributed by atoms with Crippen molar-refractivity contribution in [3.8, 4) is 0 Å². The summed E-state index contributed by atoms with van der Waals surface area (Å²) in [6.45, 7) is 6.18. The van der Waals surface area contributed by atoms with Gasteiger partial charge in [-0.15, -0.1) is 11.3 Å². The van der Waals surface area contributed by atoms with Gasteiger partial charge in [-0.3, -0.25) is 0 Å². The van der Waals surface area contributed by atoms with E-state index in [-0.39, 0.29) is 0 Å². The molecular formula is C17H21N3S. The number of aryl methyl sites for hydroxylation is 1. The van der Waals surface area contributed by atoms with Gasteiger partial charge in [0.25, 0.3) is 0 Å². The lowest BCUT2D eigenvalue weighted by atomic mass is 10.2. The second-order valence-corrected chi connectivity index (χ2v) is 6.36. The molecule has 0 aliphatic heterocycles. The van der Waals surface area contributed by atoms with Gasteiger partial charge in [0, 0.05) is 17.5 Å². The third kappa shape index (κ3) is 3.17. The van der Waals surface area contributed by atoms with E-state index in [0.717, 1.165) is 30.9 Å². The van der Waals surface area contributed by atoms with Gasteiger partial charge >= 0.3 is 0 Å². The summed E-state index contributed by atoms with van der Waals surface area (Å²) < 4.78 is 2.29. The highest BCUT2D eigenvalue weighted by Gasteiger charge is 2.10. The van der Waals surface area contributed by atoms with E-state index in [4.69, 9.17) is 4.98 Å². The zero-order valence-corrected chi connectivity index (χ0v) is 13.4. The number of para-hydroxylation sites is 2. The number of hydrogen-bond acceptors (Lipinski definition) is 3. The molecular weight excluding hydrogens is 278 g/mol. The van der Waals surface area contributed by atoms with E-state index in [9.17, 15) is 0 Å². The summed E-state index contributed by atoms with van der Waals surface area (Å²) in [7, 11) is 0. The van der Waals surface area contributed by atoms with Gasteiger partial charge in [-0.1, -0.05) is 18.2 Å². The summed E-state index contributed by atoms with van der Waals surface area (Å²) in [5.74, 6) is 1.12. The number of rotatable bonds is 6. The predicted molar refractivity (Wildman–Crippen MR) is 89.7 cm³/mol. The van der Waals surface area contributed by atoms with Gasteiger partial charge in [0.05, 0.1) is 17.6 Å². The molecule has 0 unspecified atom stereocenters. The standard InChI is InChI=1S/C17H21N3S/c1-3-20-16-9-5-4-8-15(16)19-17(20)12-18-13(2)11-14-7-6-10-21-14/h4-10,13,18H,3,11-12H2,1-2H3/t13-/m0/s1. The molecule has 0 saturated carbocycles. The molecule has 110 valence electrons. The molecule has 0 fully saturated rings. The Hall–Kier alpha value is -1.65. The van der Waals surface area contributed by atoms with Crippen molar-refractivity contribution in [2.24, 2.45) is 0 Å². The minimum Gasteiger partial charge on any atom is -0.327 e. The first-order valence-corrected chi connectivity index (χ1v) is 8.35. The molecule has 1 aromatic carbocycles. The van der Waals surface area contributed by atoms with Crippen LogP contribution in [0.2, 0.25) is 0 Å². The minimum atomic E-state index is 0.453. The molecule has 0 aliphatic rings. The Morgan fingerprint density at radius 2 is 2.10 bits per heavy atom. The molecule has 3 aromatic rings. The molecule has 0 bridgehead atoms. The molecule has 3 nitrogen and oxygen atoms in total. The molecule has 4 heteroatoms. The van der Waals surface area contributed by atoms with Crippen molar-refractivity contribution >= 4 is 22.4 Å². The van der Waals surface area contributed by atoms with Crippen molar-refractivity contribution in [3.05, 3.63) is 52.5 Å². The fourth-order valence-corrected chi connectivity index (χ4v) is 3.52. The zero-order chi connectivity index (χ0) is 14.7. The predicted octanol–water partition coefficient (Wildman–Crippen LogP) is 3.84. The molecule has 2 aromatic heterocycles. The average molecular weight is 299 g/mol. The Morgan fingerprint density at radius 3 is 2.86 bits per heavy atom. The summed E-state index contributed by atoms with van der Waals surface area (Å²) in [4.78, 5) is 6.19. The highest BCUT2D eigenvalue weighted by Crippen LogP contribution is 2.16. The van der Waals surface area contributed by atoms with E-state index in [1.54, 1.807) is 0 Å². The summed E-state index contributed by atoms with van der Waals surface area (Å²) >= 11 is 1.82. The highest BCUT2D eigenvalue weighted by atomic mass is 32.1. The first-order valence-electron chi connectivity index (χ1n) is 7.48. The lowest BCUT2D eigenvalue weighted by Crippen LogP contribution is -2.28. The second-order valence-electron chi connectivity index (χ2n) is 5.33. The van der Waals surface area contributed by atoms with Crippen molar-refractivity contribution in [2.75, 3.05) is 0 Å². The normalized spacial score (nSPS) is 12.9. The number of imidazole rings is 1. The third-order valence-electron chi connectivity index (χ3n) is 3.75. The van der Waals surface area contributed by atoms with Crippen LogP contribution in [0.1, 0.15) is 24.5 Å². The summed E-state index contributed by atoms with van der Waals surface area (Å²) in [6, 6.07) is 13.1. The Morgan fingerprint density at radius 1 is 1.24 bits per heavy atom. The van der Waals surface area contributed by atoms with E-state index in [2.05, 4.69) is 59.4 Å². The maximum atomic E-state index is 4.76. The van der Waals surface area contributed by atoms with Crippen LogP contribution in [-0.4, -0.2) is 15.6 Å². The summed E-state index contributed by atoms with van der Waals surface area (Å²) in [5.41, 5.74) is 2.31. The van der Waals surface area contributed by atoms with Gasteiger partial charge in [-0.25, -0.2) is 4.98 Å². The van der Waals surface area contributed by atoms with Gasteiger partial charge < -0.3 is 9.88 Å². The maximum absolute atomic E-state index is 4.76. The van der Waals surface area contributed by atoms with Gasteiger partial charge in [-0.05, 0) is 43.8 Å². The van der Waals surface area contributed by atoms with E-state index in [1.165, 1.54) is 10.4 Å². The Bertz CT molecular complexity index is 700. The number of nitrogens with one attached hydrogen (secondary N) is 1. The molecule has 3 rings (SSSR count). The molecule has 0 spiro atoms. The van der Waals surface area contributed by atoms with Crippen molar-refractivity contribution in [1.29, 1.82) is 0 Å². The maximum Gasteiger partial charge on any atom is 0.123 e. The van der Waals surface area contributed by atoms with E-state index >= 15 is 0 Å². The largest absolute Gasteiger partial charge is 0.327 e. The quantitative estimate of drug-likeness (QED) is 0.749. The van der Waals surface area contributed by atoms with Crippen molar-refractivity contribution in [1.82, 2.24) is 14.9 Å². The summed E-state index contributed by atoms with van der Waals surface area (Å²) in [5, 5.41) is 5.73. The topological polar surface area (TPSA) is 29.9 Å². The van der Waals surface area contributed by atoms with Crippen LogP contribution in [0.25, 0.3) is 11.0 Å². The first-order chi connectivity index (χ1) is 10.3. The summed E-state index contributed by atoms with van der Waals surface area (Å²) in [6.07, 6.45) is 1.07. The first kappa shape index (κ1) is 14.3. The van der Waals surface area contributed by atoms with Crippen LogP contribution in [0, 0.1) is 0 Å². The molecule has 1 N–H and O–H groups in total. The lowest BCUT2D eigenvalue weighted by Gasteiger charge is -2.13. The Labute approximate surface area is 129 Å². The van der Waals surface area contributed by atoms with Crippen molar-refractivity contribution in [3.63, 3.8) is 0 Å². The van der Waals surface area contributed by atoms with Gasteiger partial charge in [0.15, 0.2) is 0 Å². The van der Waals surface area contributed by atoms with E-state index < -0.39 is 0 Å². The van der Waals surface area contributed by atoms with Crippen LogP contribution in [-0.2, 0) is 19.5 Å². The number of aromatic nitrogens is 2. The van der Waals surface area contributed by atoms with Crippen molar-refractivity contribution < 1.29 is 0 Å². The van der Waals surface area contributed by atoms with E-state index in [1.807, 2.05) is 17.4 Å². The molecule has 0 saturated heterocycles. The molecule has 1 atom stereocenters. The number of benzene rings is 1. The molecule has 21 heavy (non-hydrogen) atoms. The Balaban J connectivity index is 1.70. The lowest BCUT2D eigenvalue weighted by molar-refractivity contribution is 0.524. The van der Waals surface area contributed by atoms with Crippen LogP contribution in [0.5, 0.6) is 0 Å². The van der Waals surface area contributed by atoms with Crippen LogP contribution in [0.3, 0.4) is 0 Å². The zero-order valence-electron chi connectivity index (χ0n) is 12.5. The monoisotopic (exact) mass is 299 g/mol. The third-order valence-corrected chi connectivity index (χ3v) is 4.64. The average Bonchev–Trinajstić information content (AvgIpc) is 3.11. The van der Waals surface area contributed by atoms with Crippen LogP contribution >= 0.6 is 11.3 Å². The smallest absolute Gasteiger partial charge is 0.123 e. The number of fused-ring (bicyclic) bond motifs is 1. The van der Waals surface area contributed by atoms with Gasteiger partial charge in [-0.2, -0.15) is 0 Å². The number of thiophene rings is 1. The van der Waals surface area contributed by atoms with Crippen molar-refractivity contribution in [2.45, 2.75) is 39.4 Å². The fourth-order valence-electron chi connectivity index (χ4n) is 2.68. The molecule has 0 aliphatic carbocycles. The van der Waals surface area contributed by atoms with Gasteiger partial charge in [0.2, 0.25) is 0 Å². The van der Waals surface area contributed by atoms with E-state index in [0.29, 0.717) is 6.04 Å². The number of hydrogen-bond donors (Lipinski definition) is 1. The van der Waals surface area contributed by atoms with Gasteiger partial charge in [0.1, 0.15) is 5.82 Å². The highest BCUT2D eigenvalue weighted by molar-refractivity contribution is 7.09. The minimum absolute atomic E-state index is 0.453. The number of nitrogens with zero attached hydrogens (tertiary/aromatic N) is 2.